The van der Waals surface area contributed by atoms with E-state index in [-0.39, 0.29) is 23.6 Å². The molecule has 6 rings (SSSR count). The highest BCUT2D eigenvalue weighted by atomic mass is 16.2. The Hall–Kier alpha value is -5.63. The van der Waals surface area contributed by atoms with Gasteiger partial charge in [0.2, 0.25) is 11.9 Å². The summed E-state index contributed by atoms with van der Waals surface area (Å²) in [4.78, 5) is 41.5. The molecule has 0 spiro atoms. The van der Waals surface area contributed by atoms with E-state index in [0.717, 1.165) is 42.5 Å². The number of rotatable bonds is 9. The highest BCUT2D eigenvalue weighted by Gasteiger charge is 2.30. The van der Waals surface area contributed by atoms with Crippen LogP contribution < -0.4 is 15.8 Å². The quantitative estimate of drug-likeness (QED) is 0.244. The second-order valence-corrected chi connectivity index (χ2v) is 11.2. The largest absolute Gasteiger partial charge is 0.351 e. The van der Waals surface area contributed by atoms with Gasteiger partial charge < -0.3 is 14.8 Å². The number of nitrogens with one attached hydrogen (secondary N) is 2. The third-order valence-corrected chi connectivity index (χ3v) is 8.23. The molecule has 0 atom stereocenters. The molecular formula is C34H33N9O2. The minimum Gasteiger partial charge on any atom is -0.351 e. The molecule has 1 aromatic carbocycles. The third kappa shape index (κ3) is 6.80. The molecule has 4 heterocycles. The van der Waals surface area contributed by atoms with E-state index in [0.29, 0.717) is 41.4 Å². The van der Waals surface area contributed by atoms with Crippen LogP contribution in [0.15, 0.2) is 90.2 Å². The van der Waals surface area contributed by atoms with Crippen molar-refractivity contribution in [2.45, 2.75) is 50.6 Å². The zero-order valence-corrected chi connectivity index (χ0v) is 24.9. The number of hydrogen-bond acceptors (Lipinski definition) is 8. The van der Waals surface area contributed by atoms with E-state index in [4.69, 9.17) is 0 Å². The van der Waals surface area contributed by atoms with Gasteiger partial charge in [-0.25, -0.2) is 9.97 Å². The first kappa shape index (κ1) is 29.4. The van der Waals surface area contributed by atoms with Gasteiger partial charge in [0, 0.05) is 49.6 Å². The molecule has 11 heteroatoms. The number of benzene rings is 1. The lowest BCUT2D eigenvalue weighted by atomic mass is 9.89. The third-order valence-electron chi connectivity index (χ3n) is 8.23. The van der Waals surface area contributed by atoms with Crippen molar-refractivity contribution in [2.75, 3.05) is 10.2 Å². The number of H-pyrrole nitrogens is 1. The van der Waals surface area contributed by atoms with Crippen molar-refractivity contribution in [2.24, 2.45) is 7.05 Å². The molecule has 1 fully saturated rings. The number of pyridine rings is 2. The summed E-state index contributed by atoms with van der Waals surface area (Å²) in [5.74, 6) is 0.506. The van der Waals surface area contributed by atoms with Gasteiger partial charge in [0.1, 0.15) is 11.8 Å². The minimum atomic E-state index is -0.106. The lowest BCUT2D eigenvalue weighted by Gasteiger charge is -2.37. The summed E-state index contributed by atoms with van der Waals surface area (Å²) < 4.78 is 1.52. The van der Waals surface area contributed by atoms with Crippen LogP contribution in [0.25, 0.3) is 22.6 Å². The Bertz CT molecular complexity index is 1850. The van der Waals surface area contributed by atoms with Gasteiger partial charge in [-0.15, -0.1) is 0 Å². The predicted molar refractivity (Wildman–Crippen MR) is 171 cm³/mol. The van der Waals surface area contributed by atoms with Gasteiger partial charge in [-0.1, -0.05) is 30.3 Å². The Morgan fingerprint density at radius 1 is 1.07 bits per heavy atom. The van der Waals surface area contributed by atoms with Crippen molar-refractivity contribution in [3.05, 3.63) is 107 Å². The highest BCUT2D eigenvalue weighted by Crippen LogP contribution is 2.31. The molecule has 1 aliphatic carbocycles. The number of carbonyl (C=O) groups is 1. The summed E-state index contributed by atoms with van der Waals surface area (Å²) in [6.07, 6.45) is 10.8. The van der Waals surface area contributed by atoms with Crippen molar-refractivity contribution in [1.29, 1.82) is 5.26 Å². The van der Waals surface area contributed by atoms with Crippen LogP contribution in [0, 0.1) is 11.3 Å². The molecule has 4 aromatic heterocycles. The summed E-state index contributed by atoms with van der Waals surface area (Å²) in [5, 5.41) is 19.8. The summed E-state index contributed by atoms with van der Waals surface area (Å²) >= 11 is 0. The van der Waals surface area contributed by atoms with E-state index in [9.17, 15) is 14.9 Å². The molecule has 1 saturated carbocycles. The number of nitriles is 1. The Morgan fingerprint density at radius 3 is 2.58 bits per heavy atom. The Labute approximate surface area is 260 Å². The molecule has 45 heavy (non-hydrogen) atoms. The number of aromatic nitrogens is 6. The minimum absolute atomic E-state index is 0.00503. The number of carbonyl (C=O) groups excluding carboxylic acids is 1. The molecule has 5 aromatic rings. The lowest BCUT2D eigenvalue weighted by molar-refractivity contribution is -0.119. The van der Waals surface area contributed by atoms with E-state index >= 15 is 0 Å². The lowest BCUT2D eigenvalue weighted by Crippen LogP contribution is -2.44. The van der Waals surface area contributed by atoms with Crippen LogP contribution in [-0.4, -0.2) is 47.7 Å². The van der Waals surface area contributed by atoms with Crippen LogP contribution in [0.3, 0.4) is 0 Å². The van der Waals surface area contributed by atoms with E-state index < -0.39 is 0 Å². The predicted octanol–water partition coefficient (Wildman–Crippen LogP) is 4.89. The number of nitrogens with zero attached hydrogens (tertiary/aromatic N) is 7. The summed E-state index contributed by atoms with van der Waals surface area (Å²) in [7, 11) is 1.71. The molecule has 0 aliphatic heterocycles. The topological polar surface area (TPSA) is 145 Å². The average molecular weight is 600 g/mol. The van der Waals surface area contributed by atoms with Gasteiger partial charge >= 0.3 is 0 Å². The fourth-order valence-electron chi connectivity index (χ4n) is 5.77. The van der Waals surface area contributed by atoms with Crippen molar-refractivity contribution in [3.63, 3.8) is 0 Å². The maximum atomic E-state index is 13.8. The molecule has 0 radical (unpaired) electrons. The fourth-order valence-corrected chi connectivity index (χ4v) is 5.77. The van der Waals surface area contributed by atoms with Gasteiger partial charge in [-0.2, -0.15) is 10.4 Å². The second-order valence-electron chi connectivity index (χ2n) is 11.2. The van der Waals surface area contributed by atoms with Crippen molar-refractivity contribution in [1.82, 2.24) is 29.7 Å². The van der Waals surface area contributed by atoms with Gasteiger partial charge in [0.25, 0.3) is 5.56 Å². The maximum absolute atomic E-state index is 13.8. The summed E-state index contributed by atoms with van der Waals surface area (Å²) in [5.41, 5.74) is 4.70. The van der Waals surface area contributed by atoms with Crippen LogP contribution in [0.1, 0.15) is 43.2 Å². The van der Waals surface area contributed by atoms with Crippen LogP contribution in [-0.2, 0) is 18.3 Å². The number of aryl methyl sites for hydroxylation is 2. The summed E-state index contributed by atoms with van der Waals surface area (Å²) in [6, 6.07) is 21.3. The smallest absolute Gasteiger partial charge is 0.250 e. The average Bonchev–Trinajstić information content (AvgIpc) is 3.62. The first-order valence-electron chi connectivity index (χ1n) is 15.0. The fraction of sp³-hybridized carbons (Fsp3) is 0.265. The Morgan fingerprint density at radius 2 is 1.89 bits per heavy atom. The second kappa shape index (κ2) is 13.3. The van der Waals surface area contributed by atoms with E-state index in [2.05, 4.69) is 36.5 Å². The number of aromatic amines is 1. The maximum Gasteiger partial charge on any atom is 0.250 e. The van der Waals surface area contributed by atoms with Crippen LogP contribution in [0.2, 0.25) is 0 Å². The first-order chi connectivity index (χ1) is 22.0. The zero-order valence-electron chi connectivity index (χ0n) is 24.9. The molecule has 1 aliphatic rings. The van der Waals surface area contributed by atoms with Gasteiger partial charge in [0.05, 0.1) is 35.0 Å². The van der Waals surface area contributed by atoms with Gasteiger partial charge in [0.15, 0.2) is 0 Å². The molecular weight excluding hydrogens is 566 g/mol. The normalized spacial score (nSPS) is 16.1. The van der Waals surface area contributed by atoms with Crippen LogP contribution in [0.5, 0.6) is 0 Å². The molecule has 226 valence electrons. The first-order valence-corrected chi connectivity index (χ1v) is 15.0. The van der Waals surface area contributed by atoms with Gasteiger partial charge in [-0.05, 0) is 61.9 Å². The Balaban J connectivity index is 1.18. The SMILES string of the molecule is Cn1ccc(-c2ccc(N(C(=O)CCc3ccccc3)[C@H]3CC[C@H](Nc4ncc(C#N)c(-c5ccn[nH]5)n4)CC3)cn2)cc1=O. The standard InChI is InChI=1S/C34H33N9O2/c1-42-18-16-24(19-32(42)45)29-13-12-28(22-36-29)43(31(44)14-7-23-5-3-2-4-6-23)27-10-8-26(9-11-27)39-34-37-21-25(20-35)33(40-34)30-15-17-38-41-30/h2-6,12-13,15-19,21-22,26-27H,7-11,14H2,1H3,(H,38,41)(H,37,39,40)/t26-,27-. The highest BCUT2D eigenvalue weighted by molar-refractivity contribution is 5.94. The molecule has 1 amide bonds. The van der Waals surface area contributed by atoms with E-state index in [1.54, 1.807) is 37.8 Å². The van der Waals surface area contributed by atoms with Crippen molar-refractivity contribution in [3.8, 4) is 28.7 Å². The number of anilines is 2. The zero-order chi connectivity index (χ0) is 31.2. The molecule has 0 saturated heterocycles. The number of amides is 1. The number of hydrogen-bond donors (Lipinski definition) is 2. The molecule has 2 N–H and O–H groups in total. The monoisotopic (exact) mass is 599 g/mol. The Kier molecular flexibility index (Phi) is 8.73. The summed E-state index contributed by atoms with van der Waals surface area (Å²) in [6.45, 7) is 0. The van der Waals surface area contributed by atoms with E-state index in [1.165, 1.54) is 10.8 Å². The van der Waals surface area contributed by atoms with Crippen LogP contribution >= 0.6 is 0 Å². The molecule has 0 unspecified atom stereocenters. The molecule has 0 bridgehead atoms. The molecule has 11 nitrogen and oxygen atoms in total. The van der Waals surface area contributed by atoms with Crippen molar-refractivity contribution >= 4 is 17.5 Å². The van der Waals surface area contributed by atoms with E-state index in [1.807, 2.05) is 53.4 Å². The van der Waals surface area contributed by atoms with Gasteiger partial charge in [-0.3, -0.25) is 19.7 Å². The van der Waals surface area contributed by atoms with Crippen molar-refractivity contribution < 1.29 is 4.79 Å². The van der Waals surface area contributed by atoms with Crippen LogP contribution in [0.4, 0.5) is 11.6 Å².